The largest absolute Gasteiger partial charge is 0.369 e. The first-order chi connectivity index (χ1) is 15.4. The molecule has 162 valence electrons. The average Bonchev–Trinajstić information content (AvgIpc) is 2.80. The number of carbonyl (C=O) groups is 3. The van der Waals surface area contributed by atoms with Gasteiger partial charge in [-0.05, 0) is 54.1 Å². The fourth-order valence-electron chi connectivity index (χ4n) is 2.68. The maximum atomic E-state index is 13.0. The van der Waals surface area contributed by atoms with E-state index in [4.69, 9.17) is 17.3 Å². The van der Waals surface area contributed by atoms with Crippen molar-refractivity contribution in [1.29, 1.82) is 0 Å². The summed E-state index contributed by atoms with van der Waals surface area (Å²) < 4.78 is 0. The number of thioether (sulfide) groups is 1. The van der Waals surface area contributed by atoms with Gasteiger partial charge in [0.25, 0.3) is 11.8 Å². The lowest BCUT2D eigenvalue weighted by molar-refractivity contribution is -0.115. The van der Waals surface area contributed by atoms with E-state index >= 15 is 0 Å². The van der Waals surface area contributed by atoms with E-state index in [1.165, 1.54) is 17.8 Å². The number of primary amides is 1. The third-order valence-electron chi connectivity index (χ3n) is 4.23. The minimum atomic E-state index is -0.508. The Kier molecular flexibility index (Phi) is 8.08. The Morgan fingerprint density at radius 3 is 2.22 bits per heavy atom. The molecule has 0 aliphatic heterocycles. The lowest BCUT2D eigenvalue weighted by Crippen LogP contribution is -2.30. The van der Waals surface area contributed by atoms with Gasteiger partial charge in [-0.15, -0.1) is 11.8 Å². The highest BCUT2D eigenvalue weighted by atomic mass is 35.5. The molecule has 3 amide bonds. The predicted molar refractivity (Wildman–Crippen MR) is 128 cm³/mol. The van der Waals surface area contributed by atoms with Crippen LogP contribution in [0.25, 0.3) is 6.08 Å². The van der Waals surface area contributed by atoms with Crippen LogP contribution in [0, 0.1) is 0 Å². The Morgan fingerprint density at radius 1 is 0.906 bits per heavy atom. The highest BCUT2D eigenvalue weighted by Crippen LogP contribution is 2.21. The first-order valence-corrected chi connectivity index (χ1v) is 10.9. The maximum Gasteiger partial charge on any atom is 0.272 e. The molecule has 0 radical (unpaired) electrons. The van der Waals surface area contributed by atoms with E-state index in [1.807, 2.05) is 0 Å². The first-order valence-electron chi connectivity index (χ1n) is 9.57. The minimum absolute atomic E-state index is 0.0409. The van der Waals surface area contributed by atoms with Crippen molar-refractivity contribution in [2.24, 2.45) is 5.73 Å². The number of rotatable bonds is 8. The normalized spacial score (nSPS) is 11.0. The highest BCUT2D eigenvalue weighted by Gasteiger charge is 2.15. The van der Waals surface area contributed by atoms with Gasteiger partial charge in [-0.25, -0.2) is 0 Å². The molecule has 3 aromatic carbocycles. The summed E-state index contributed by atoms with van der Waals surface area (Å²) in [7, 11) is 0. The second-order valence-corrected chi connectivity index (χ2v) is 8.09. The van der Waals surface area contributed by atoms with E-state index in [1.54, 1.807) is 78.9 Å². The molecule has 3 rings (SSSR count). The van der Waals surface area contributed by atoms with Gasteiger partial charge >= 0.3 is 0 Å². The van der Waals surface area contributed by atoms with Crippen molar-refractivity contribution in [1.82, 2.24) is 5.32 Å². The van der Waals surface area contributed by atoms with Gasteiger partial charge in [-0.3, -0.25) is 14.4 Å². The van der Waals surface area contributed by atoms with Crippen LogP contribution in [0.5, 0.6) is 0 Å². The SMILES string of the molecule is NC(=O)CSc1ccc(NC(=O)/C(=C/c2ccccc2Cl)NC(=O)c2ccccc2)cc1. The maximum absolute atomic E-state index is 13.0. The zero-order valence-corrected chi connectivity index (χ0v) is 18.5. The van der Waals surface area contributed by atoms with Crippen molar-refractivity contribution in [2.75, 3.05) is 11.1 Å². The summed E-state index contributed by atoms with van der Waals surface area (Å²) >= 11 is 7.53. The van der Waals surface area contributed by atoms with Crippen LogP contribution >= 0.6 is 23.4 Å². The first kappa shape index (κ1) is 23.1. The quantitative estimate of drug-likeness (QED) is 0.340. The van der Waals surface area contributed by atoms with Gasteiger partial charge in [0, 0.05) is 21.2 Å². The monoisotopic (exact) mass is 465 g/mol. The van der Waals surface area contributed by atoms with Gasteiger partial charge in [0.1, 0.15) is 5.70 Å². The number of hydrogen-bond donors (Lipinski definition) is 3. The number of amides is 3. The molecule has 0 heterocycles. The third kappa shape index (κ3) is 6.73. The Hall–Kier alpha value is -3.55. The van der Waals surface area contributed by atoms with Crippen molar-refractivity contribution >= 4 is 52.8 Å². The van der Waals surface area contributed by atoms with Crippen LogP contribution in [0.3, 0.4) is 0 Å². The third-order valence-corrected chi connectivity index (χ3v) is 5.61. The van der Waals surface area contributed by atoms with E-state index in [-0.39, 0.29) is 11.4 Å². The van der Waals surface area contributed by atoms with Crippen LogP contribution in [0.4, 0.5) is 5.69 Å². The molecule has 0 bridgehead atoms. The molecule has 6 nitrogen and oxygen atoms in total. The summed E-state index contributed by atoms with van der Waals surface area (Å²) in [6.07, 6.45) is 1.52. The molecule has 0 aliphatic rings. The van der Waals surface area contributed by atoms with Crippen molar-refractivity contribution < 1.29 is 14.4 Å². The zero-order chi connectivity index (χ0) is 22.9. The molecule has 3 aromatic rings. The smallest absolute Gasteiger partial charge is 0.272 e. The molecule has 4 N–H and O–H groups in total. The Bertz CT molecular complexity index is 1150. The molecule has 0 fully saturated rings. The molecule has 0 aliphatic carbocycles. The van der Waals surface area contributed by atoms with Crippen molar-refractivity contribution in [2.45, 2.75) is 4.90 Å². The topological polar surface area (TPSA) is 101 Å². The fourth-order valence-corrected chi connectivity index (χ4v) is 3.51. The fraction of sp³-hybridized carbons (Fsp3) is 0.0417. The van der Waals surface area contributed by atoms with E-state index in [0.717, 1.165) is 4.90 Å². The zero-order valence-electron chi connectivity index (χ0n) is 16.9. The molecular weight excluding hydrogens is 446 g/mol. The number of hydrogen-bond acceptors (Lipinski definition) is 4. The van der Waals surface area contributed by atoms with E-state index in [2.05, 4.69) is 10.6 Å². The van der Waals surface area contributed by atoms with E-state index < -0.39 is 17.7 Å². The van der Waals surface area contributed by atoms with Crippen molar-refractivity contribution in [3.8, 4) is 0 Å². The van der Waals surface area contributed by atoms with Gasteiger partial charge in [0.15, 0.2) is 0 Å². The molecule has 0 saturated carbocycles. The van der Waals surface area contributed by atoms with Crippen LogP contribution in [0.2, 0.25) is 5.02 Å². The van der Waals surface area contributed by atoms with Crippen LogP contribution in [0.15, 0.2) is 89.5 Å². The summed E-state index contributed by atoms with van der Waals surface area (Å²) in [4.78, 5) is 37.4. The van der Waals surface area contributed by atoms with Gasteiger partial charge < -0.3 is 16.4 Å². The van der Waals surface area contributed by atoms with Crippen molar-refractivity contribution in [3.05, 3.63) is 101 Å². The molecule has 0 saturated heterocycles. The Balaban J connectivity index is 1.81. The van der Waals surface area contributed by atoms with Gasteiger partial charge in [-0.1, -0.05) is 48.0 Å². The lowest BCUT2D eigenvalue weighted by Gasteiger charge is -2.12. The van der Waals surface area contributed by atoms with Crippen LogP contribution in [-0.4, -0.2) is 23.5 Å². The number of halogens is 1. The molecule has 0 atom stereocenters. The number of anilines is 1. The second kappa shape index (κ2) is 11.2. The summed E-state index contributed by atoms with van der Waals surface area (Å²) in [6, 6.07) is 22.5. The second-order valence-electron chi connectivity index (χ2n) is 6.63. The van der Waals surface area contributed by atoms with Gasteiger partial charge in [-0.2, -0.15) is 0 Å². The highest BCUT2D eigenvalue weighted by molar-refractivity contribution is 8.00. The van der Waals surface area contributed by atoms with Gasteiger partial charge in [0.2, 0.25) is 5.91 Å². The molecule has 0 aromatic heterocycles. The lowest BCUT2D eigenvalue weighted by atomic mass is 10.1. The summed E-state index contributed by atoms with van der Waals surface area (Å²) in [5, 5.41) is 5.88. The number of nitrogens with one attached hydrogen (secondary N) is 2. The molecule has 32 heavy (non-hydrogen) atoms. The average molecular weight is 466 g/mol. The standard InChI is InChI=1S/C24H20ClN3O3S/c25-20-9-5-4-8-17(20)14-21(28-23(30)16-6-2-1-3-7-16)24(31)27-18-10-12-19(13-11-18)32-15-22(26)29/h1-14H,15H2,(H2,26,29)(H,27,31)(H,28,30)/b21-14-. The number of carbonyl (C=O) groups excluding carboxylic acids is 3. The van der Waals surface area contributed by atoms with Gasteiger partial charge in [0.05, 0.1) is 5.75 Å². The Labute approximate surface area is 194 Å². The summed E-state index contributed by atoms with van der Waals surface area (Å²) in [6.45, 7) is 0. The van der Waals surface area contributed by atoms with E-state index in [0.29, 0.717) is 21.8 Å². The minimum Gasteiger partial charge on any atom is -0.369 e. The summed E-state index contributed by atoms with van der Waals surface area (Å²) in [5.41, 5.74) is 6.73. The molecule has 0 unspecified atom stereocenters. The molecule has 8 heteroatoms. The molecule has 0 spiro atoms. The summed E-state index contributed by atoms with van der Waals surface area (Å²) in [5.74, 6) is -1.16. The number of benzene rings is 3. The number of nitrogens with two attached hydrogens (primary N) is 1. The molecular formula is C24H20ClN3O3S. The van der Waals surface area contributed by atoms with Crippen molar-refractivity contribution in [3.63, 3.8) is 0 Å². The van der Waals surface area contributed by atoms with Crippen LogP contribution < -0.4 is 16.4 Å². The van der Waals surface area contributed by atoms with E-state index in [9.17, 15) is 14.4 Å². The van der Waals surface area contributed by atoms with Crippen LogP contribution in [0.1, 0.15) is 15.9 Å². The van der Waals surface area contributed by atoms with Crippen LogP contribution in [-0.2, 0) is 9.59 Å². The Morgan fingerprint density at radius 2 is 1.56 bits per heavy atom. The predicted octanol–water partition coefficient (Wildman–Crippen LogP) is 4.33.